The second kappa shape index (κ2) is 6.66. The van der Waals surface area contributed by atoms with Gasteiger partial charge in [0.15, 0.2) is 6.10 Å². The monoisotopic (exact) mass is 200 g/mol. The summed E-state index contributed by atoms with van der Waals surface area (Å²) in [5, 5.41) is 0. The Kier molecular flexibility index (Phi) is 6.76. The van der Waals surface area contributed by atoms with Crippen LogP contribution in [0.25, 0.3) is 0 Å². The van der Waals surface area contributed by atoms with E-state index in [1.54, 1.807) is 4.90 Å². The van der Waals surface area contributed by atoms with E-state index in [0.717, 1.165) is 0 Å². The van der Waals surface area contributed by atoms with Crippen LogP contribution in [0.15, 0.2) is 0 Å². The average molecular weight is 200 g/mol. The lowest BCUT2D eigenvalue weighted by molar-refractivity contribution is -0.0690. The fraction of sp³-hybridized carbons (Fsp3) is 1.00. The SMILES string of the molecule is CCN(CP)CC(ON)C(F)F. The van der Waals surface area contributed by atoms with Gasteiger partial charge in [-0.1, -0.05) is 6.92 Å². The smallest absolute Gasteiger partial charge is 0.267 e. The Balaban J connectivity index is 3.82. The zero-order valence-electron chi connectivity index (χ0n) is 7.04. The molecule has 0 aliphatic carbocycles. The molecule has 0 aliphatic heterocycles. The summed E-state index contributed by atoms with van der Waals surface area (Å²) in [6.45, 7) is 2.76. The van der Waals surface area contributed by atoms with Crippen LogP contribution < -0.4 is 5.90 Å². The fourth-order valence-corrected chi connectivity index (χ4v) is 1.18. The lowest BCUT2D eigenvalue weighted by Gasteiger charge is -2.22. The molecule has 0 rings (SSSR count). The van der Waals surface area contributed by atoms with Gasteiger partial charge in [0.05, 0.1) is 0 Å². The number of halogens is 2. The average Bonchev–Trinajstić information content (AvgIpc) is 2.06. The van der Waals surface area contributed by atoms with Crippen molar-refractivity contribution in [2.24, 2.45) is 5.90 Å². The van der Waals surface area contributed by atoms with Gasteiger partial charge in [-0.3, -0.25) is 9.74 Å². The van der Waals surface area contributed by atoms with Crippen molar-refractivity contribution in [1.29, 1.82) is 0 Å². The van der Waals surface area contributed by atoms with Gasteiger partial charge in [0.2, 0.25) is 0 Å². The molecule has 0 saturated heterocycles. The second-order valence-electron chi connectivity index (χ2n) is 2.36. The molecular formula is C6H15F2N2OP. The van der Waals surface area contributed by atoms with Crippen LogP contribution in [0.4, 0.5) is 8.78 Å². The third-order valence-electron chi connectivity index (χ3n) is 1.60. The molecule has 3 nitrogen and oxygen atoms in total. The fourth-order valence-electron chi connectivity index (χ4n) is 0.769. The summed E-state index contributed by atoms with van der Waals surface area (Å²) >= 11 is 0. The van der Waals surface area contributed by atoms with Gasteiger partial charge in [0.1, 0.15) is 0 Å². The first-order valence-electron chi connectivity index (χ1n) is 3.71. The van der Waals surface area contributed by atoms with Gasteiger partial charge in [-0.25, -0.2) is 14.7 Å². The van der Waals surface area contributed by atoms with Crippen LogP contribution in [-0.2, 0) is 4.84 Å². The van der Waals surface area contributed by atoms with Crippen LogP contribution in [0.2, 0.25) is 0 Å². The molecule has 0 radical (unpaired) electrons. The molecule has 0 aliphatic rings. The highest BCUT2D eigenvalue weighted by Crippen LogP contribution is 2.06. The largest absolute Gasteiger partial charge is 0.297 e. The molecule has 2 N–H and O–H groups in total. The minimum absolute atomic E-state index is 0.161. The van der Waals surface area contributed by atoms with E-state index < -0.39 is 12.5 Å². The summed E-state index contributed by atoms with van der Waals surface area (Å²) in [6, 6.07) is 0. The Morgan fingerprint density at radius 1 is 1.58 bits per heavy atom. The first-order valence-corrected chi connectivity index (χ1v) is 4.53. The van der Waals surface area contributed by atoms with E-state index in [0.29, 0.717) is 12.8 Å². The van der Waals surface area contributed by atoms with Crippen molar-refractivity contribution in [2.75, 3.05) is 19.4 Å². The number of hydrogen-bond acceptors (Lipinski definition) is 3. The topological polar surface area (TPSA) is 38.5 Å². The molecule has 0 amide bonds. The second-order valence-corrected chi connectivity index (χ2v) is 2.73. The maximum Gasteiger partial charge on any atom is 0.267 e. The van der Waals surface area contributed by atoms with Crippen LogP contribution in [0.5, 0.6) is 0 Å². The molecule has 0 spiro atoms. The Morgan fingerprint density at radius 3 is 2.42 bits per heavy atom. The summed E-state index contributed by atoms with van der Waals surface area (Å²) in [7, 11) is 2.47. The molecule has 0 aromatic carbocycles. The normalized spacial score (nSPS) is 14.2. The molecule has 0 aromatic rings. The van der Waals surface area contributed by atoms with Gasteiger partial charge in [0, 0.05) is 12.8 Å². The third-order valence-corrected chi connectivity index (χ3v) is 2.12. The Labute approximate surface area is 73.4 Å². The minimum atomic E-state index is -2.53. The van der Waals surface area contributed by atoms with Crippen molar-refractivity contribution >= 4 is 9.24 Å². The van der Waals surface area contributed by atoms with E-state index in [1.165, 1.54) is 0 Å². The molecule has 0 saturated carbocycles. The first kappa shape index (κ1) is 12.2. The van der Waals surface area contributed by atoms with Crippen LogP contribution in [0.1, 0.15) is 6.92 Å². The number of rotatable bonds is 6. The molecule has 0 heterocycles. The summed E-state index contributed by atoms with van der Waals surface area (Å²) < 4.78 is 24.2. The summed E-state index contributed by atoms with van der Waals surface area (Å²) in [5.74, 6) is 4.72. The van der Waals surface area contributed by atoms with Gasteiger partial charge < -0.3 is 0 Å². The van der Waals surface area contributed by atoms with E-state index in [-0.39, 0.29) is 6.54 Å². The van der Waals surface area contributed by atoms with Crippen LogP contribution >= 0.6 is 9.24 Å². The summed E-state index contributed by atoms with van der Waals surface area (Å²) in [5.41, 5.74) is 0. The predicted molar refractivity (Wildman–Crippen MR) is 46.9 cm³/mol. The standard InChI is InChI=1S/C6H15F2N2OP/c1-2-10(4-12)3-5(11-9)6(7)8/h5-6H,2-4,9,12H2,1H3. The minimum Gasteiger partial charge on any atom is -0.297 e. The highest BCUT2D eigenvalue weighted by atomic mass is 31.0. The number of nitrogens with zero attached hydrogens (tertiary/aromatic N) is 1. The van der Waals surface area contributed by atoms with Crippen molar-refractivity contribution in [3.63, 3.8) is 0 Å². The van der Waals surface area contributed by atoms with Crippen molar-refractivity contribution in [3.8, 4) is 0 Å². The molecule has 0 bridgehead atoms. The number of likely N-dealkylation sites (N-methyl/N-ethyl adjacent to an activating group) is 1. The molecule has 2 atom stereocenters. The zero-order chi connectivity index (χ0) is 9.56. The number of alkyl halides is 2. The van der Waals surface area contributed by atoms with Gasteiger partial charge in [0.25, 0.3) is 6.43 Å². The highest BCUT2D eigenvalue weighted by Gasteiger charge is 2.22. The maximum atomic E-state index is 12.1. The van der Waals surface area contributed by atoms with Crippen molar-refractivity contribution < 1.29 is 13.6 Å². The molecule has 6 heteroatoms. The van der Waals surface area contributed by atoms with Gasteiger partial charge >= 0.3 is 0 Å². The Morgan fingerprint density at radius 2 is 2.17 bits per heavy atom. The lowest BCUT2D eigenvalue weighted by atomic mass is 10.3. The molecule has 12 heavy (non-hydrogen) atoms. The van der Waals surface area contributed by atoms with Crippen LogP contribution in [0.3, 0.4) is 0 Å². The lowest BCUT2D eigenvalue weighted by Crippen LogP contribution is -2.38. The number of hydrogen-bond donors (Lipinski definition) is 1. The van der Waals surface area contributed by atoms with E-state index in [9.17, 15) is 8.78 Å². The Bertz CT molecular complexity index is 114. The summed E-state index contributed by atoms with van der Waals surface area (Å²) in [6.07, 6.45) is -3.07. The van der Waals surface area contributed by atoms with Crippen molar-refractivity contribution in [1.82, 2.24) is 4.90 Å². The van der Waals surface area contributed by atoms with Crippen LogP contribution in [-0.4, -0.2) is 36.8 Å². The van der Waals surface area contributed by atoms with E-state index in [2.05, 4.69) is 14.1 Å². The molecule has 74 valence electrons. The van der Waals surface area contributed by atoms with Gasteiger partial charge in [-0.05, 0) is 6.54 Å². The zero-order valence-corrected chi connectivity index (χ0v) is 8.20. The quantitative estimate of drug-likeness (QED) is 0.505. The van der Waals surface area contributed by atoms with Gasteiger partial charge in [-0.2, -0.15) is 0 Å². The van der Waals surface area contributed by atoms with E-state index in [4.69, 9.17) is 5.90 Å². The third kappa shape index (κ3) is 4.26. The molecule has 0 fully saturated rings. The Hall–Kier alpha value is 0.170. The van der Waals surface area contributed by atoms with Crippen molar-refractivity contribution in [3.05, 3.63) is 0 Å². The predicted octanol–water partition coefficient (Wildman–Crippen LogP) is 0.665. The van der Waals surface area contributed by atoms with Crippen molar-refractivity contribution in [2.45, 2.75) is 19.5 Å². The first-order chi connectivity index (χ1) is 5.65. The summed E-state index contributed by atoms with van der Waals surface area (Å²) in [4.78, 5) is 5.94. The van der Waals surface area contributed by atoms with Gasteiger partial charge in [-0.15, -0.1) is 9.24 Å². The maximum absolute atomic E-state index is 12.1. The van der Waals surface area contributed by atoms with E-state index >= 15 is 0 Å². The molecule has 2 unspecified atom stereocenters. The number of nitrogens with two attached hydrogens (primary N) is 1. The van der Waals surface area contributed by atoms with Crippen LogP contribution in [0, 0.1) is 0 Å². The molecular weight excluding hydrogens is 185 g/mol. The van der Waals surface area contributed by atoms with E-state index in [1.807, 2.05) is 6.92 Å². The molecule has 0 aromatic heterocycles. The highest BCUT2D eigenvalue weighted by molar-refractivity contribution is 7.16.